The molecular weight excluding hydrogens is 262 g/mol. The Balaban J connectivity index is 2.99. The van der Waals surface area contributed by atoms with Gasteiger partial charge in [-0.15, -0.1) is 11.6 Å². The summed E-state index contributed by atoms with van der Waals surface area (Å²) in [6.07, 6.45) is 1.16. The van der Waals surface area contributed by atoms with E-state index in [0.29, 0.717) is 30.0 Å². The van der Waals surface area contributed by atoms with E-state index in [9.17, 15) is 4.79 Å². The zero-order chi connectivity index (χ0) is 14.3. The molecule has 106 valence electrons. The molecule has 19 heavy (non-hydrogen) atoms. The average molecular weight is 284 g/mol. The molecular formula is C15H22ClNO2. The maximum Gasteiger partial charge on any atom is 0.166 e. The average Bonchev–Trinajstić information content (AvgIpc) is 2.45. The van der Waals surface area contributed by atoms with Gasteiger partial charge in [-0.1, -0.05) is 0 Å². The van der Waals surface area contributed by atoms with Crippen molar-refractivity contribution in [3.8, 4) is 5.75 Å². The summed E-state index contributed by atoms with van der Waals surface area (Å²) in [5.74, 6) is 1.23. The minimum Gasteiger partial charge on any atom is -0.496 e. The highest BCUT2D eigenvalue weighted by molar-refractivity contribution is 6.18. The van der Waals surface area contributed by atoms with Gasteiger partial charge in [0.2, 0.25) is 0 Å². The first-order valence-corrected chi connectivity index (χ1v) is 7.23. The molecule has 0 spiro atoms. The molecule has 0 radical (unpaired) electrons. The molecule has 1 aromatic rings. The van der Waals surface area contributed by atoms with Gasteiger partial charge >= 0.3 is 0 Å². The number of carbonyl (C=O) groups is 1. The molecule has 1 rings (SSSR count). The van der Waals surface area contributed by atoms with Crippen molar-refractivity contribution in [2.24, 2.45) is 0 Å². The Hall–Kier alpha value is -1.22. The molecule has 0 aliphatic rings. The molecule has 0 unspecified atom stereocenters. The zero-order valence-electron chi connectivity index (χ0n) is 11.9. The van der Waals surface area contributed by atoms with Crippen LogP contribution in [0.5, 0.6) is 5.75 Å². The fraction of sp³-hybridized carbons (Fsp3) is 0.533. The maximum absolute atomic E-state index is 12.1. The van der Waals surface area contributed by atoms with Gasteiger partial charge in [0.1, 0.15) is 5.75 Å². The largest absolute Gasteiger partial charge is 0.496 e. The highest BCUT2D eigenvalue weighted by Crippen LogP contribution is 2.27. The Labute approximate surface area is 120 Å². The summed E-state index contributed by atoms with van der Waals surface area (Å²) in [7, 11) is 1.60. The van der Waals surface area contributed by atoms with Gasteiger partial charge in [-0.25, -0.2) is 0 Å². The number of methoxy groups -OCH3 is 1. The molecule has 1 aromatic carbocycles. The molecule has 0 fully saturated rings. The van der Waals surface area contributed by atoms with Crippen LogP contribution < -0.4 is 9.64 Å². The third-order valence-corrected chi connectivity index (χ3v) is 3.42. The molecule has 4 heteroatoms. The molecule has 0 saturated carbocycles. The predicted molar refractivity (Wildman–Crippen MR) is 80.8 cm³/mol. The van der Waals surface area contributed by atoms with E-state index in [1.54, 1.807) is 7.11 Å². The second-order valence-electron chi connectivity index (χ2n) is 4.27. The van der Waals surface area contributed by atoms with Crippen molar-refractivity contribution in [3.05, 3.63) is 23.8 Å². The second kappa shape index (κ2) is 8.05. The van der Waals surface area contributed by atoms with Crippen molar-refractivity contribution < 1.29 is 9.53 Å². The Morgan fingerprint density at radius 2 is 2.00 bits per heavy atom. The predicted octanol–water partition coefficient (Wildman–Crippen LogP) is 3.74. The number of Topliss-reactive ketones (excluding diaryl/α,β-unsaturated/α-hetero) is 1. The van der Waals surface area contributed by atoms with Gasteiger partial charge in [0.15, 0.2) is 5.78 Å². The number of halogens is 1. The molecule has 0 aliphatic heterocycles. The number of carbonyl (C=O) groups excluding carboxylic acids is 1. The first-order chi connectivity index (χ1) is 9.17. The van der Waals surface area contributed by atoms with Crippen molar-refractivity contribution in [1.82, 2.24) is 0 Å². The first kappa shape index (κ1) is 15.8. The molecule has 0 saturated heterocycles. The van der Waals surface area contributed by atoms with Gasteiger partial charge in [0, 0.05) is 37.1 Å². The third-order valence-electron chi connectivity index (χ3n) is 3.15. The smallest absolute Gasteiger partial charge is 0.166 e. The minimum atomic E-state index is 0.0867. The van der Waals surface area contributed by atoms with Crippen LogP contribution in [0.4, 0.5) is 5.69 Å². The normalized spacial score (nSPS) is 10.3. The molecule has 0 aromatic heterocycles. The van der Waals surface area contributed by atoms with Crippen LogP contribution in [0.25, 0.3) is 0 Å². The zero-order valence-corrected chi connectivity index (χ0v) is 12.7. The molecule has 0 N–H and O–H groups in total. The lowest BCUT2D eigenvalue weighted by molar-refractivity contribution is 0.0979. The highest BCUT2D eigenvalue weighted by Gasteiger charge is 2.14. The number of hydrogen-bond acceptors (Lipinski definition) is 3. The number of ketones is 1. The van der Waals surface area contributed by atoms with Crippen LogP contribution in [-0.2, 0) is 0 Å². The van der Waals surface area contributed by atoms with Crippen molar-refractivity contribution in [3.63, 3.8) is 0 Å². The topological polar surface area (TPSA) is 29.5 Å². The van der Waals surface area contributed by atoms with E-state index in [0.717, 1.165) is 18.8 Å². The SMILES string of the molecule is CCN(CC)c1ccc(C(=O)CCCCl)c(OC)c1. The van der Waals surface area contributed by atoms with Crippen LogP contribution in [0.15, 0.2) is 18.2 Å². The summed E-state index contributed by atoms with van der Waals surface area (Å²) in [6.45, 7) is 6.07. The summed E-state index contributed by atoms with van der Waals surface area (Å²) in [5, 5.41) is 0. The number of alkyl halides is 1. The van der Waals surface area contributed by atoms with E-state index in [4.69, 9.17) is 16.3 Å². The Kier molecular flexibility index (Phi) is 6.71. The van der Waals surface area contributed by atoms with E-state index >= 15 is 0 Å². The second-order valence-corrected chi connectivity index (χ2v) is 4.65. The monoisotopic (exact) mass is 283 g/mol. The van der Waals surface area contributed by atoms with Crippen LogP contribution >= 0.6 is 11.6 Å². The van der Waals surface area contributed by atoms with Gasteiger partial charge in [-0.05, 0) is 32.4 Å². The minimum absolute atomic E-state index is 0.0867. The van der Waals surface area contributed by atoms with Gasteiger partial charge in [0.25, 0.3) is 0 Å². The summed E-state index contributed by atoms with van der Waals surface area (Å²) in [4.78, 5) is 14.3. The summed E-state index contributed by atoms with van der Waals surface area (Å²) >= 11 is 5.62. The molecule has 3 nitrogen and oxygen atoms in total. The lowest BCUT2D eigenvalue weighted by Gasteiger charge is -2.22. The van der Waals surface area contributed by atoms with Crippen LogP contribution in [-0.4, -0.2) is 31.9 Å². The van der Waals surface area contributed by atoms with Gasteiger partial charge in [-0.2, -0.15) is 0 Å². The summed E-state index contributed by atoms with van der Waals surface area (Å²) in [5.41, 5.74) is 1.72. The fourth-order valence-corrected chi connectivity index (χ4v) is 2.19. The van der Waals surface area contributed by atoms with Gasteiger partial charge in [-0.3, -0.25) is 4.79 Å². The number of benzene rings is 1. The van der Waals surface area contributed by atoms with Crippen LogP contribution in [0.2, 0.25) is 0 Å². The molecule has 0 amide bonds. The van der Waals surface area contributed by atoms with E-state index in [1.807, 2.05) is 18.2 Å². The number of ether oxygens (including phenoxy) is 1. The van der Waals surface area contributed by atoms with E-state index in [2.05, 4.69) is 18.7 Å². The van der Waals surface area contributed by atoms with Crippen LogP contribution in [0.3, 0.4) is 0 Å². The number of rotatable bonds is 8. The quantitative estimate of drug-likeness (QED) is 0.538. The summed E-state index contributed by atoms with van der Waals surface area (Å²) < 4.78 is 5.35. The number of anilines is 1. The van der Waals surface area contributed by atoms with Crippen molar-refractivity contribution in [2.45, 2.75) is 26.7 Å². The molecule has 0 atom stereocenters. The molecule has 0 heterocycles. The lowest BCUT2D eigenvalue weighted by Crippen LogP contribution is -2.21. The highest BCUT2D eigenvalue weighted by atomic mass is 35.5. The Bertz CT molecular complexity index is 417. The van der Waals surface area contributed by atoms with Crippen molar-refractivity contribution in [1.29, 1.82) is 0 Å². The van der Waals surface area contributed by atoms with Gasteiger partial charge < -0.3 is 9.64 Å². The van der Waals surface area contributed by atoms with Crippen molar-refractivity contribution in [2.75, 3.05) is 31.0 Å². The first-order valence-electron chi connectivity index (χ1n) is 6.70. The van der Waals surface area contributed by atoms with E-state index in [1.165, 1.54) is 0 Å². The number of nitrogens with zero attached hydrogens (tertiary/aromatic N) is 1. The maximum atomic E-state index is 12.1. The Morgan fingerprint density at radius 3 is 2.53 bits per heavy atom. The number of hydrogen-bond donors (Lipinski definition) is 0. The van der Waals surface area contributed by atoms with Crippen LogP contribution in [0.1, 0.15) is 37.0 Å². The van der Waals surface area contributed by atoms with E-state index in [-0.39, 0.29) is 5.78 Å². The third kappa shape index (κ3) is 4.13. The van der Waals surface area contributed by atoms with Gasteiger partial charge in [0.05, 0.1) is 12.7 Å². The molecule has 0 aliphatic carbocycles. The molecule has 0 bridgehead atoms. The Morgan fingerprint density at radius 1 is 1.32 bits per heavy atom. The van der Waals surface area contributed by atoms with E-state index < -0.39 is 0 Å². The van der Waals surface area contributed by atoms with Crippen molar-refractivity contribution >= 4 is 23.1 Å². The standard InChI is InChI=1S/C15H22ClNO2/c1-4-17(5-2)12-8-9-13(15(11-12)19-3)14(18)7-6-10-16/h8-9,11H,4-7,10H2,1-3H3. The fourth-order valence-electron chi connectivity index (χ4n) is 2.06. The van der Waals surface area contributed by atoms with Crippen LogP contribution in [0, 0.1) is 0 Å². The summed E-state index contributed by atoms with van der Waals surface area (Å²) in [6, 6.07) is 5.76. The lowest BCUT2D eigenvalue weighted by atomic mass is 10.0.